The summed E-state index contributed by atoms with van der Waals surface area (Å²) in [6.07, 6.45) is 0. The third-order valence-corrected chi connectivity index (χ3v) is 7.72. The van der Waals surface area contributed by atoms with Crippen LogP contribution in [0.3, 0.4) is 0 Å². The van der Waals surface area contributed by atoms with Gasteiger partial charge in [-0.15, -0.1) is 0 Å². The molecule has 0 N–H and O–H groups in total. The Labute approximate surface area is 242 Å². The number of rotatable bonds is 2. The van der Waals surface area contributed by atoms with Crippen LogP contribution in [0.5, 0.6) is 0 Å². The fourth-order valence-electron chi connectivity index (χ4n) is 4.43. The summed E-state index contributed by atoms with van der Waals surface area (Å²) >= 11 is 24.4. The molecule has 2 aromatic carbocycles. The van der Waals surface area contributed by atoms with Crippen molar-refractivity contribution in [2.75, 3.05) is 76.3 Å². The van der Waals surface area contributed by atoms with Gasteiger partial charge in [-0.05, 0) is 50.5 Å². The molecule has 12 heteroatoms. The summed E-state index contributed by atoms with van der Waals surface area (Å²) < 4.78 is 0. The fourth-order valence-corrected chi connectivity index (χ4v) is 5.27. The van der Waals surface area contributed by atoms with E-state index >= 15 is 0 Å². The molecule has 0 amide bonds. The average Bonchev–Trinajstić information content (AvgIpc) is 2.90. The van der Waals surface area contributed by atoms with Crippen LogP contribution in [-0.4, -0.2) is 96.2 Å². The van der Waals surface area contributed by atoms with Gasteiger partial charge in [-0.2, -0.15) is 0 Å². The average molecular weight is 594 g/mol. The van der Waals surface area contributed by atoms with Gasteiger partial charge in [0.05, 0.1) is 22.1 Å². The summed E-state index contributed by atoms with van der Waals surface area (Å²) in [5.74, 6) is 1.52. The lowest BCUT2D eigenvalue weighted by Crippen LogP contribution is -2.45. The molecule has 0 aliphatic carbocycles. The van der Waals surface area contributed by atoms with Crippen LogP contribution >= 0.6 is 46.4 Å². The lowest BCUT2D eigenvalue weighted by Gasteiger charge is -2.33. The van der Waals surface area contributed by atoms with Crippen molar-refractivity contribution in [2.45, 2.75) is 0 Å². The van der Waals surface area contributed by atoms with Crippen molar-refractivity contribution >= 4 is 80.1 Å². The summed E-state index contributed by atoms with van der Waals surface area (Å²) in [7, 11) is 4.23. The van der Waals surface area contributed by atoms with Gasteiger partial charge in [-0.25, -0.2) is 19.9 Å². The van der Waals surface area contributed by atoms with Crippen molar-refractivity contribution < 1.29 is 0 Å². The van der Waals surface area contributed by atoms with Crippen LogP contribution in [0.1, 0.15) is 0 Å². The van der Waals surface area contributed by atoms with Crippen molar-refractivity contribution in [2.24, 2.45) is 0 Å². The van der Waals surface area contributed by atoms with Crippen LogP contribution in [0.15, 0.2) is 36.4 Å². The van der Waals surface area contributed by atoms with E-state index in [1.54, 1.807) is 12.1 Å². The number of likely N-dealkylation sites (N-methyl/N-ethyl adjacent to an activating group) is 2. The number of aromatic nitrogens is 4. The van der Waals surface area contributed by atoms with E-state index in [0.29, 0.717) is 20.4 Å². The molecule has 0 saturated carbocycles. The summed E-state index contributed by atoms with van der Waals surface area (Å²) in [5.41, 5.74) is 3.11. The quantitative estimate of drug-likeness (QED) is 0.307. The van der Waals surface area contributed by atoms with Gasteiger partial charge in [0.2, 0.25) is 0 Å². The van der Waals surface area contributed by atoms with E-state index in [1.807, 2.05) is 24.3 Å². The number of fused-ring (bicyclic) bond motifs is 2. The van der Waals surface area contributed by atoms with Gasteiger partial charge in [-0.1, -0.05) is 46.4 Å². The van der Waals surface area contributed by atoms with Gasteiger partial charge in [0, 0.05) is 62.4 Å². The molecule has 2 saturated heterocycles. The predicted octanol–water partition coefficient (Wildman–Crippen LogP) is 5.38. The minimum Gasteiger partial charge on any atom is -0.351 e. The summed E-state index contributed by atoms with van der Waals surface area (Å²) in [6, 6.07) is 10.9. The Balaban J connectivity index is 0.000000155. The maximum absolute atomic E-state index is 6.25. The summed E-state index contributed by atoms with van der Waals surface area (Å²) in [5, 5.41) is 2.21. The number of hydrogen-bond donors (Lipinski definition) is 0. The minimum atomic E-state index is 0.444. The van der Waals surface area contributed by atoms with E-state index in [2.05, 4.69) is 53.6 Å². The number of anilines is 2. The standard InChI is InChI=1S/2C13H14Cl2N4/c1-18-4-6-19(7-5-18)13-12(15)16-11-8-9(14)2-3-10(11)17-13;1-18-4-6-19(7-5-18)13-12(15)16-10-3-2-9(14)8-11(10)17-13/h2*2-3,8H,4-7H2,1H3. The van der Waals surface area contributed by atoms with Crippen LogP contribution in [-0.2, 0) is 0 Å². The Morgan fingerprint density at radius 2 is 0.868 bits per heavy atom. The van der Waals surface area contributed by atoms with E-state index < -0.39 is 0 Å². The lowest BCUT2D eigenvalue weighted by molar-refractivity contribution is 0.312. The van der Waals surface area contributed by atoms with Crippen LogP contribution in [0.25, 0.3) is 22.1 Å². The van der Waals surface area contributed by atoms with E-state index in [4.69, 9.17) is 46.4 Å². The molecular formula is C26H28Cl4N8. The topological polar surface area (TPSA) is 64.5 Å². The first-order valence-corrected chi connectivity index (χ1v) is 13.9. The van der Waals surface area contributed by atoms with Crippen molar-refractivity contribution in [3.05, 3.63) is 56.7 Å². The molecule has 2 aromatic heterocycles. The second-order valence-electron chi connectivity index (χ2n) is 9.52. The molecule has 4 heterocycles. The molecule has 0 bridgehead atoms. The Hall–Kier alpha value is -2.20. The number of halogens is 4. The van der Waals surface area contributed by atoms with Crippen LogP contribution < -0.4 is 9.80 Å². The molecule has 0 spiro atoms. The molecule has 8 nitrogen and oxygen atoms in total. The van der Waals surface area contributed by atoms with Crippen LogP contribution in [0.4, 0.5) is 11.6 Å². The van der Waals surface area contributed by atoms with Crippen LogP contribution in [0, 0.1) is 0 Å². The van der Waals surface area contributed by atoms with Gasteiger partial charge < -0.3 is 19.6 Å². The van der Waals surface area contributed by atoms with Crippen molar-refractivity contribution in [3.8, 4) is 0 Å². The highest BCUT2D eigenvalue weighted by Crippen LogP contribution is 2.28. The zero-order chi connectivity index (χ0) is 26.8. The molecular weight excluding hydrogens is 566 g/mol. The summed E-state index contributed by atoms with van der Waals surface area (Å²) in [4.78, 5) is 27.0. The van der Waals surface area contributed by atoms with Gasteiger partial charge in [0.1, 0.15) is 0 Å². The first-order valence-electron chi connectivity index (χ1n) is 12.4. The van der Waals surface area contributed by atoms with Gasteiger partial charge >= 0.3 is 0 Å². The maximum atomic E-state index is 6.25. The minimum absolute atomic E-state index is 0.444. The highest BCUT2D eigenvalue weighted by Gasteiger charge is 2.20. The molecule has 4 aromatic rings. The normalized spacial score (nSPS) is 17.1. The smallest absolute Gasteiger partial charge is 0.172 e. The molecule has 6 rings (SSSR count). The maximum Gasteiger partial charge on any atom is 0.172 e. The van der Waals surface area contributed by atoms with Crippen LogP contribution in [0.2, 0.25) is 20.4 Å². The zero-order valence-electron chi connectivity index (χ0n) is 21.2. The Morgan fingerprint density at radius 1 is 0.500 bits per heavy atom. The van der Waals surface area contributed by atoms with E-state index in [9.17, 15) is 0 Å². The fraction of sp³-hybridized carbons (Fsp3) is 0.385. The Bertz CT molecular complexity index is 1440. The van der Waals surface area contributed by atoms with Gasteiger partial charge in [0.15, 0.2) is 21.9 Å². The second-order valence-corrected chi connectivity index (χ2v) is 11.1. The van der Waals surface area contributed by atoms with Gasteiger partial charge in [0.25, 0.3) is 0 Å². The predicted molar refractivity (Wildman–Crippen MR) is 159 cm³/mol. The number of hydrogen-bond acceptors (Lipinski definition) is 8. The molecule has 2 aliphatic heterocycles. The first kappa shape index (κ1) is 27.4. The zero-order valence-corrected chi connectivity index (χ0v) is 24.2. The van der Waals surface area contributed by atoms with E-state index in [0.717, 1.165) is 86.1 Å². The third-order valence-electron chi connectivity index (χ3n) is 6.74. The van der Waals surface area contributed by atoms with Crippen molar-refractivity contribution in [3.63, 3.8) is 0 Å². The number of piperazine rings is 2. The number of benzene rings is 2. The molecule has 0 radical (unpaired) electrons. The molecule has 2 fully saturated rings. The second kappa shape index (κ2) is 11.9. The van der Waals surface area contributed by atoms with E-state index in [1.165, 1.54) is 0 Å². The molecule has 38 heavy (non-hydrogen) atoms. The highest BCUT2D eigenvalue weighted by molar-refractivity contribution is 6.33. The Kier molecular flexibility index (Phi) is 8.57. The molecule has 0 atom stereocenters. The SMILES string of the molecule is CN1CCN(c2nc3cc(Cl)ccc3nc2Cl)CC1.CN1CCN(c2nc3ccc(Cl)cc3nc2Cl)CC1. The first-order chi connectivity index (χ1) is 18.3. The highest BCUT2D eigenvalue weighted by atomic mass is 35.5. The van der Waals surface area contributed by atoms with Gasteiger partial charge in [-0.3, -0.25) is 0 Å². The monoisotopic (exact) mass is 592 g/mol. The molecule has 200 valence electrons. The molecule has 0 unspecified atom stereocenters. The summed E-state index contributed by atoms with van der Waals surface area (Å²) in [6.45, 7) is 7.70. The third kappa shape index (κ3) is 6.33. The van der Waals surface area contributed by atoms with E-state index in [-0.39, 0.29) is 0 Å². The number of nitrogens with zero attached hydrogens (tertiary/aromatic N) is 8. The molecule has 2 aliphatic rings. The Morgan fingerprint density at radius 3 is 1.34 bits per heavy atom. The van der Waals surface area contributed by atoms with Crippen molar-refractivity contribution in [1.82, 2.24) is 29.7 Å². The van der Waals surface area contributed by atoms with Crippen molar-refractivity contribution in [1.29, 1.82) is 0 Å². The lowest BCUT2D eigenvalue weighted by atomic mass is 10.3. The largest absolute Gasteiger partial charge is 0.351 e.